The number of hydrogen-bond acceptors (Lipinski definition) is 4. The van der Waals surface area contributed by atoms with Gasteiger partial charge in [0, 0.05) is 32.6 Å². The molecule has 0 aromatic heterocycles. The van der Waals surface area contributed by atoms with Crippen LogP contribution in [-0.2, 0) is 14.8 Å². The van der Waals surface area contributed by atoms with Gasteiger partial charge in [-0.1, -0.05) is 18.2 Å². The molecule has 0 N–H and O–H groups in total. The molecule has 0 radical (unpaired) electrons. The molecular formula is C17H26N2O4S. The Morgan fingerprint density at radius 1 is 1.17 bits per heavy atom. The zero-order valence-electron chi connectivity index (χ0n) is 14.4. The van der Waals surface area contributed by atoms with Crippen LogP contribution in [0.4, 0.5) is 0 Å². The number of nitrogens with zero attached hydrogens (tertiary/aromatic N) is 2. The zero-order chi connectivity index (χ0) is 17.6. The third kappa shape index (κ3) is 4.95. The summed E-state index contributed by atoms with van der Waals surface area (Å²) >= 11 is 0. The number of aryl methyl sites for hydroxylation is 1. The lowest BCUT2D eigenvalue weighted by Crippen LogP contribution is -2.50. The van der Waals surface area contributed by atoms with Crippen LogP contribution in [0, 0.1) is 6.92 Å². The summed E-state index contributed by atoms with van der Waals surface area (Å²) in [5, 5.41) is 0. The molecule has 1 aromatic carbocycles. The molecule has 0 bridgehead atoms. The van der Waals surface area contributed by atoms with Crippen LogP contribution in [0.1, 0.15) is 25.3 Å². The Hall–Kier alpha value is -1.60. The lowest BCUT2D eigenvalue weighted by atomic mass is 10.2. The van der Waals surface area contributed by atoms with Crippen LogP contribution >= 0.6 is 0 Å². The van der Waals surface area contributed by atoms with Crippen LogP contribution in [0.15, 0.2) is 24.3 Å². The average molecular weight is 354 g/mol. The van der Waals surface area contributed by atoms with Crippen molar-refractivity contribution in [2.24, 2.45) is 0 Å². The molecule has 0 atom stereocenters. The molecule has 1 saturated heterocycles. The molecule has 1 aliphatic rings. The highest BCUT2D eigenvalue weighted by atomic mass is 32.2. The molecule has 1 aromatic rings. The van der Waals surface area contributed by atoms with Crippen molar-refractivity contribution in [1.82, 2.24) is 9.21 Å². The minimum absolute atomic E-state index is 0.0666. The molecule has 6 nitrogen and oxygen atoms in total. The lowest BCUT2D eigenvalue weighted by molar-refractivity contribution is -0.132. The average Bonchev–Trinajstić information content (AvgIpc) is 2.60. The quantitative estimate of drug-likeness (QED) is 0.698. The molecule has 0 saturated carbocycles. The maximum Gasteiger partial charge on any atom is 0.222 e. The number of para-hydroxylation sites is 1. The van der Waals surface area contributed by atoms with Gasteiger partial charge in [0.05, 0.1) is 12.4 Å². The number of rotatable bonds is 7. The second kappa shape index (κ2) is 8.48. The molecule has 0 aliphatic carbocycles. The summed E-state index contributed by atoms with van der Waals surface area (Å²) in [5.41, 5.74) is 1.08. The first kappa shape index (κ1) is 18.7. The molecule has 1 aliphatic heterocycles. The van der Waals surface area contributed by atoms with Crippen LogP contribution in [0.2, 0.25) is 0 Å². The summed E-state index contributed by atoms with van der Waals surface area (Å²) in [6, 6.07) is 7.80. The molecular weight excluding hydrogens is 328 g/mol. The van der Waals surface area contributed by atoms with E-state index in [0.717, 1.165) is 11.3 Å². The maximum absolute atomic E-state index is 12.2. The van der Waals surface area contributed by atoms with E-state index >= 15 is 0 Å². The molecule has 0 spiro atoms. The highest BCUT2D eigenvalue weighted by Gasteiger charge is 2.27. The van der Waals surface area contributed by atoms with Gasteiger partial charge in [0.15, 0.2) is 0 Å². The predicted molar refractivity (Wildman–Crippen MR) is 93.5 cm³/mol. The molecule has 134 valence electrons. The monoisotopic (exact) mass is 354 g/mol. The standard InChI is InChI=1S/C17H26N2O4S/c1-3-24(21,22)19-12-10-18(11-13-19)17(20)9-6-14-23-16-8-5-4-7-15(16)2/h4-5,7-8H,3,6,9-14H2,1-2H3. The fourth-order valence-corrected chi connectivity index (χ4v) is 3.77. The highest BCUT2D eigenvalue weighted by Crippen LogP contribution is 2.16. The number of benzene rings is 1. The lowest BCUT2D eigenvalue weighted by Gasteiger charge is -2.33. The topological polar surface area (TPSA) is 66.9 Å². The van der Waals surface area contributed by atoms with Crippen LogP contribution in [-0.4, -0.2) is 62.1 Å². The van der Waals surface area contributed by atoms with Crippen molar-refractivity contribution in [3.05, 3.63) is 29.8 Å². The largest absolute Gasteiger partial charge is 0.493 e. The summed E-state index contributed by atoms with van der Waals surface area (Å²) in [6.07, 6.45) is 1.08. The van der Waals surface area contributed by atoms with E-state index in [1.807, 2.05) is 31.2 Å². The van der Waals surface area contributed by atoms with Crippen molar-refractivity contribution in [3.63, 3.8) is 0 Å². The van der Waals surface area contributed by atoms with Gasteiger partial charge >= 0.3 is 0 Å². The van der Waals surface area contributed by atoms with Crippen molar-refractivity contribution in [2.75, 3.05) is 38.5 Å². The van der Waals surface area contributed by atoms with E-state index in [1.54, 1.807) is 11.8 Å². The van der Waals surface area contributed by atoms with E-state index in [-0.39, 0.29) is 11.7 Å². The molecule has 1 fully saturated rings. The number of ether oxygens (including phenoxy) is 1. The van der Waals surface area contributed by atoms with Gasteiger partial charge in [-0.05, 0) is 31.9 Å². The smallest absolute Gasteiger partial charge is 0.222 e. The van der Waals surface area contributed by atoms with Gasteiger partial charge in [-0.2, -0.15) is 4.31 Å². The van der Waals surface area contributed by atoms with Gasteiger partial charge in [0.25, 0.3) is 0 Å². The number of piperazine rings is 1. The Kier molecular flexibility index (Phi) is 6.62. The predicted octanol–water partition coefficient (Wildman–Crippen LogP) is 1.65. The van der Waals surface area contributed by atoms with Crippen LogP contribution in [0.3, 0.4) is 0 Å². The van der Waals surface area contributed by atoms with Gasteiger partial charge in [0.2, 0.25) is 15.9 Å². The van der Waals surface area contributed by atoms with Crippen molar-refractivity contribution in [3.8, 4) is 5.75 Å². The van der Waals surface area contributed by atoms with Crippen LogP contribution in [0.25, 0.3) is 0 Å². The van der Waals surface area contributed by atoms with Gasteiger partial charge in [-0.3, -0.25) is 4.79 Å². The van der Waals surface area contributed by atoms with E-state index in [1.165, 1.54) is 4.31 Å². The van der Waals surface area contributed by atoms with Crippen LogP contribution < -0.4 is 4.74 Å². The van der Waals surface area contributed by atoms with Crippen molar-refractivity contribution in [2.45, 2.75) is 26.7 Å². The first-order valence-electron chi connectivity index (χ1n) is 8.38. The number of amides is 1. The fraction of sp³-hybridized carbons (Fsp3) is 0.588. The van der Waals surface area contributed by atoms with Crippen molar-refractivity contribution >= 4 is 15.9 Å². The molecule has 0 unspecified atom stereocenters. The van der Waals surface area contributed by atoms with Crippen LogP contribution in [0.5, 0.6) is 5.75 Å². The van der Waals surface area contributed by atoms with Crippen molar-refractivity contribution < 1.29 is 17.9 Å². The molecule has 7 heteroatoms. The van der Waals surface area contributed by atoms with E-state index in [4.69, 9.17) is 4.74 Å². The first-order chi connectivity index (χ1) is 11.4. The second-order valence-corrected chi connectivity index (χ2v) is 8.16. The Morgan fingerprint density at radius 3 is 2.46 bits per heavy atom. The van der Waals surface area contributed by atoms with E-state index in [2.05, 4.69) is 0 Å². The maximum atomic E-state index is 12.2. The Labute approximate surface area is 144 Å². The minimum atomic E-state index is -3.15. The Morgan fingerprint density at radius 2 is 1.83 bits per heavy atom. The molecule has 2 rings (SSSR count). The van der Waals surface area contributed by atoms with Gasteiger partial charge < -0.3 is 9.64 Å². The Bertz CT molecular complexity index is 652. The van der Waals surface area contributed by atoms with E-state index < -0.39 is 10.0 Å². The second-order valence-electron chi connectivity index (χ2n) is 5.90. The van der Waals surface area contributed by atoms with Gasteiger partial charge in [0.1, 0.15) is 5.75 Å². The SMILES string of the molecule is CCS(=O)(=O)N1CCN(C(=O)CCCOc2ccccc2C)CC1. The number of carbonyl (C=O) groups excluding carboxylic acids is 1. The summed E-state index contributed by atoms with van der Waals surface area (Å²) < 4.78 is 30.8. The summed E-state index contributed by atoms with van der Waals surface area (Å²) in [4.78, 5) is 14.0. The summed E-state index contributed by atoms with van der Waals surface area (Å²) in [5.74, 6) is 1.03. The molecule has 1 heterocycles. The fourth-order valence-electron chi connectivity index (χ4n) is 2.68. The summed E-state index contributed by atoms with van der Waals surface area (Å²) in [7, 11) is -3.15. The summed E-state index contributed by atoms with van der Waals surface area (Å²) in [6.45, 7) is 5.85. The molecule has 1 amide bonds. The van der Waals surface area contributed by atoms with E-state index in [9.17, 15) is 13.2 Å². The third-order valence-electron chi connectivity index (χ3n) is 4.24. The number of hydrogen-bond donors (Lipinski definition) is 0. The van der Waals surface area contributed by atoms with E-state index in [0.29, 0.717) is 45.6 Å². The minimum Gasteiger partial charge on any atom is -0.493 e. The molecule has 24 heavy (non-hydrogen) atoms. The normalized spacial score (nSPS) is 16.2. The first-order valence-corrected chi connectivity index (χ1v) is 9.99. The number of carbonyl (C=O) groups is 1. The highest BCUT2D eigenvalue weighted by molar-refractivity contribution is 7.89. The Balaban J connectivity index is 1.70. The number of sulfonamides is 1. The van der Waals surface area contributed by atoms with Gasteiger partial charge in [-0.25, -0.2) is 8.42 Å². The van der Waals surface area contributed by atoms with Crippen molar-refractivity contribution in [1.29, 1.82) is 0 Å². The third-order valence-corrected chi connectivity index (χ3v) is 6.12. The zero-order valence-corrected chi connectivity index (χ0v) is 15.2. The van der Waals surface area contributed by atoms with Gasteiger partial charge in [-0.15, -0.1) is 0 Å².